The van der Waals surface area contributed by atoms with E-state index in [9.17, 15) is 4.79 Å². The number of nitrogens with zero attached hydrogens (tertiary/aromatic N) is 2. The summed E-state index contributed by atoms with van der Waals surface area (Å²) in [5, 5.41) is 3.83. The van der Waals surface area contributed by atoms with Crippen LogP contribution in [0, 0.1) is 0 Å². The van der Waals surface area contributed by atoms with Gasteiger partial charge in [-0.15, -0.1) is 0 Å². The van der Waals surface area contributed by atoms with E-state index in [1.54, 1.807) is 0 Å². The summed E-state index contributed by atoms with van der Waals surface area (Å²) in [6.45, 7) is 8.23. The Labute approximate surface area is 193 Å². The molecule has 0 saturated carbocycles. The topological polar surface area (TPSA) is 70.2 Å². The van der Waals surface area contributed by atoms with E-state index >= 15 is 0 Å². The monoisotopic (exact) mass is 450 g/mol. The molecule has 1 aromatic heterocycles. The van der Waals surface area contributed by atoms with Gasteiger partial charge in [0.2, 0.25) is 5.91 Å². The zero-order valence-corrected chi connectivity index (χ0v) is 19.5. The summed E-state index contributed by atoms with van der Waals surface area (Å²) in [7, 11) is 0. The van der Waals surface area contributed by atoms with Crippen molar-refractivity contribution in [2.24, 2.45) is 0 Å². The third-order valence-corrected chi connectivity index (χ3v) is 6.59. The van der Waals surface area contributed by atoms with Crippen LogP contribution >= 0.6 is 11.8 Å². The van der Waals surface area contributed by atoms with Crippen LogP contribution in [0.4, 0.5) is 0 Å². The van der Waals surface area contributed by atoms with E-state index in [1.165, 1.54) is 11.8 Å². The number of hydrogen-bond acceptors (Lipinski definition) is 5. The van der Waals surface area contributed by atoms with E-state index in [0.29, 0.717) is 12.3 Å². The standard InChI is InChI=1S/C25H30N4O2S/c1-25(2,29-13-15-31-16-14-29)18-26-21(30)17-32-24-27-22(19-9-5-3-6-10-19)23(28-24)20-11-7-4-8-12-20/h3-12H,13-18H2,1-2H3,(H,26,30)(H,27,28). The van der Waals surface area contributed by atoms with Crippen LogP contribution in [0.25, 0.3) is 22.5 Å². The second-order valence-electron chi connectivity index (χ2n) is 8.47. The lowest BCUT2D eigenvalue weighted by molar-refractivity contribution is -0.119. The van der Waals surface area contributed by atoms with Gasteiger partial charge in [-0.1, -0.05) is 72.4 Å². The molecule has 0 spiro atoms. The summed E-state index contributed by atoms with van der Waals surface area (Å²) in [6.07, 6.45) is 0. The number of hydrogen-bond donors (Lipinski definition) is 2. The van der Waals surface area contributed by atoms with Gasteiger partial charge in [0.1, 0.15) is 0 Å². The molecule has 1 aliphatic heterocycles. The highest BCUT2D eigenvalue weighted by atomic mass is 32.2. The number of rotatable bonds is 8. The summed E-state index contributed by atoms with van der Waals surface area (Å²) in [5.41, 5.74) is 3.88. The van der Waals surface area contributed by atoms with Crippen LogP contribution in [0.1, 0.15) is 13.8 Å². The van der Waals surface area contributed by atoms with Gasteiger partial charge in [0.05, 0.1) is 30.4 Å². The maximum Gasteiger partial charge on any atom is 0.230 e. The molecule has 168 valence electrons. The summed E-state index contributed by atoms with van der Waals surface area (Å²) in [5.74, 6) is 0.324. The Bertz CT molecular complexity index is 958. The highest BCUT2D eigenvalue weighted by Crippen LogP contribution is 2.32. The van der Waals surface area contributed by atoms with Crippen LogP contribution in [0.5, 0.6) is 0 Å². The maximum absolute atomic E-state index is 12.6. The number of imidazole rings is 1. The average molecular weight is 451 g/mol. The molecule has 1 saturated heterocycles. The minimum absolute atomic E-state index is 0.00950. The van der Waals surface area contributed by atoms with E-state index in [-0.39, 0.29) is 11.4 Å². The summed E-state index contributed by atoms with van der Waals surface area (Å²) in [4.78, 5) is 23.2. The Morgan fingerprint density at radius 1 is 1.06 bits per heavy atom. The number of ether oxygens (including phenoxy) is 1. The number of morpholine rings is 1. The molecular formula is C25H30N4O2S. The number of benzene rings is 2. The minimum Gasteiger partial charge on any atom is -0.379 e. The van der Waals surface area contributed by atoms with Crippen LogP contribution in [-0.2, 0) is 9.53 Å². The van der Waals surface area contributed by atoms with Crippen LogP contribution in [-0.4, -0.2) is 64.9 Å². The van der Waals surface area contributed by atoms with Gasteiger partial charge in [0.15, 0.2) is 5.16 Å². The number of H-pyrrole nitrogens is 1. The molecule has 2 N–H and O–H groups in total. The van der Waals surface area contributed by atoms with Gasteiger partial charge in [-0.2, -0.15) is 0 Å². The first-order valence-electron chi connectivity index (χ1n) is 11.0. The van der Waals surface area contributed by atoms with Gasteiger partial charge in [-0.25, -0.2) is 4.98 Å². The first-order chi connectivity index (χ1) is 15.5. The van der Waals surface area contributed by atoms with Crippen LogP contribution in [0.15, 0.2) is 65.8 Å². The molecule has 2 heterocycles. The minimum atomic E-state index is -0.101. The highest BCUT2D eigenvalue weighted by molar-refractivity contribution is 7.99. The third-order valence-electron chi connectivity index (χ3n) is 5.72. The first-order valence-corrected chi connectivity index (χ1v) is 11.9. The highest BCUT2D eigenvalue weighted by Gasteiger charge is 2.28. The van der Waals surface area contributed by atoms with E-state index in [0.717, 1.165) is 54.0 Å². The molecule has 7 heteroatoms. The zero-order chi connectivity index (χ0) is 22.4. The number of carbonyl (C=O) groups excluding carboxylic acids is 1. The average Bonchev–Trinajstić information content (AvgIpc) is 3.28. The lowest BCUT2D eigenvalue weighted by atomic mass is 10.0. The van der Waals surface area contributed by atoms with Crippen molar-refractivity contribution >= 4 is 17.7 Å². The van der Waals surface area contributed by atoms with E-state index < -0.39 is 0 Å². The second-order valence-corrected chi connectivity index (χ2v) is 9.44. The largest absolute Gasteiger partial charge is 0.379 e. The van der Waals surface area contributed by atoms with Gasteiger partial charge >= 0.3 is 0 Å². The number of nitrogens with one attached hydrogen (secondary N) is 2. The number of aromatic amines is 1. The molecule has 1 fully saturated rings. The smallest absolute Gasteiger partial charge is 0.230 e. The predicted molar refractivity (Wildman–Crippen MR) is 130 cm³/mol. The predicted octanol–water partition coefficient (Wildman–Crippen LogP) is 4.06. The van der Waals surface area contributed by atoms with Crippen molar-refractivity contribution in [2.75, 3.05) is 38.6 Å². The molecule has 2 aromatic carbocycles. The number of thioether (sulfide) groups is 1. The first kappa shape index (κ1) is 22.6. The van der Waals surface area contributed by atoms with E-state index in [2.05, 4.69) is 53.3 Å². The zero-order valence-electron chi connectivity index (χ0n) is 18.6. The lowest BCUT2D eigenvalue weighted by Crippen LogP contribution is -2.55. The molecule has 4 rings (SSSR count). The van der Waals surface area contributed by atoms with Gasteiger partial charge in [0, 0.05) is 36.3 Å². The molecule has 1 amide bonds. The molecule has 3 aromatic rings. The van der Waals surface area contributed by atoms with Crippen molar-refractivity contribution in [1.29, 1.82) is 0 Å². The fourth-order valence-corrected chi connectivity index (χ4v) is 4.52. The molecule has 0 atom stereocenters. The Morgan fingerprint density at radius 2 is 1.69 bits per heavy atom. The van der Waals surface area contributed by atoms with Crippen molar-refractivity contribution in [1.82, 2.24) is 20.2 Å². The quantitative estimate of drug-likeness (QED) is 0.507. The number of carbonyl (C=O) groups is 1. The molecular weight excluding hydrogens is 420 g/mol. The van der Waals surface area contributed by atoms with E-state index in [4.69, 9.17) is 9.72 Å². The van der Waals surface area contributed by atoms with Crippen LogP contribution < -0.4 is 5.32 Å². The maximum atomic E-state index is 12.6. The van der Waals surface area contributed by atoms with Crippen molar-refractivity contribution in [3.63, 3.8) is 0 Å². The molecule has 0 unspecified atom stereocenters. The molecule has 0 radical (unpaired) electrons. The van der Waals surface area contributed by atoms with Gasteiger partial charge in [-0.05, 0) is 13.8 Å². The SMILES string of the molecule is CC(C)(CNC(=O)CSc1nc(-c2ccccc2)c(-c2ccccc2)[nH]1)N1CCOCC1. The van der Waals surface area contributed by atoms with Gasteiger partial charge in [0.25, 0.3) is 0 Å². The Morgan fingerprint density at radius 3 is 2.34 bits per heavy atom. The second kappa shape index (κ2) is 10.3. The van der Waals surface area contributed by atoms with Crippen molar-refractivity contribution in [2.45, 2.75) is 24.5 Å². The Hall–Kier alpha value is -2.61. The van der Waals surface area contributed by atoms with Crippen LogP contribution in [0.2, 0.25) is 0 Å². The van der Waals surface area contributed by atoms with Crippen molar-refractivity contribution < 1.29 is 9.53 Å². The molecule has 32 heavy (non-hydrogen) atoms. The third kappa shape index (κ3) is 5.59. The molecule has 0 bridgehead atoms. The Kier molecular flexibility index (Phi) is 7.29. The fourth-order valence-electron chi connectivity index (χ4n) is 3.82. The van der Waals surface area contributed by atoms with Crippen molar-refractivity contribution in [3.05, 3.63) is 60.7 Å². The van der Waals surface area contributed by atoms with E-state index in [1.807, 2.05) is 36.4 Å². The fraction of sp³-hybridized carbons (Fsp3) is 0.360. The summed E-state index contributed by atoms with van der Waals surface area (Å²) < 4.78 is 5.44. The molecule has 1 aliphatic rings. The molecule has 0 aliphatic carbocycles. The van der Waals surface area contributed by atoms with Crippen molar-refractivity contribution in [3.8, 4) is 22.5 Å². The summed E-state index contributed by atoms with van der Waals surface area (Å²) in [6, 6.07) is 20.3. The normalized spacial score (nSPS) is 14.9. The van der Waals surface area contributed by atoms with Crippen LogP contribution in [0.3, 0.4) is 0 Å². The number of amides is 1. The molecule has 6 nitrogen and oxygen atoms in total. The van der Waals surface area contributed by atoms with Gasteiger partial charge in [-0.3, -0.25) is 9.69 Å². The summed E-state index contributed by atoms with van der Waals surface area (Å²) >= 11 is 1.43. The lowest BCUT2D eigenvalue weighted by Gasteiger charge is -2.40. The van der Waals surface area contributed by atoms with Gasteiger partial charge < -0.3 is 15.0 Å². The Balaban J connectivity index is 1.41. The number of aromatic nitrogens is 2.